The van der Waals surface area contributed by atoms with Gasteiger partial charge in [-0.15, -0.1) is 0 Å². The largest absolute Gasteiger partial charge is 0.381 e. The highest BCUT2D eigenvalue weighted by Gasteiger charge is 2.43. The lowest BCUT2D eigenvalue weighted by molar-refractivity contribution is -0.144. The third-order valence-electron chi connectivity index (χ3n) is 5.67. The molecule has 0 bridgehead atoms. The quantitative estimate of drug-likeness (QED) is 0.800. The van der Waals surface area contributed by atoms with E-state index in [1.165, 1.54) is 38.5 Å². The minimum absolute atomic E-state index is 0.186. The number of likely N-dealkylation sites (tertiary alicyclic amines) is 1. The van der Waals surface area contributed by atoms with Gasteiger partial charge in [-0.1, -0.05) is 19.3 Å². The first kappa shape index (κ1) is 14.3. The highest BCUT2D eigenvalue weighted by molar-refractivity contribution is 5.86. The van der Waals surface area contributed by atoms with E-state index in [4.69, 9.17) is 10.5 Å². The number of nitrogens with two attached hydrogens (primary N) is 1. The Hall–Kier alpha value is -0.610. The van der Waals surface area contributed by atoms with Crippen LogP contribution in [0, 0.1) is 5.41 Å². The van der Waals surface area contributed by atoms with Gasteiger partial charge in [-0.2, -0.15) is 0 Å². The maximum Gasteiger partial charge on any atom is 0.242 e. The number of amides is 1. The SMILES string of the molecule is NC1(C(=O)N2CCCC3(CCCCC3)C2)CCOCC1. The van der Waals surface area contributed by atoms with E-state index in [0.29, 0.717) is 31.5 Å². The van der Waals surface area contributed by atoms with Crippen molar-refractivity contribution in [2.24, 2.45) is 11.1 Å². The molecule has 1 saturated carbocycles. The van der Waals surface area contributed by atoms with Crippen LogP contribution in [-0.4, -0.2) is 42.6 Å². The summed E-state index contributed by atoms with van der Waals surface area (Å²) < 4.78 is 5.36. The van der Waals surface area contributed by atoms with Crippen LogP contribution in [0.25, 0.3) is 0 Å². The monoisotopic (exact) mass is 280 g/mol. The molecular formula is C16H28N2O2. The van der Waals surface area contributed by atoms with Crippen LogP contribution >= 0.6 is 0 Å². The molecule has 4 nitrogen and oxygen atoms in total. The van der Waals surface area contributed by atoms with Crippen LogP contribution < -0.4 is 5.73 Å². The molecule has 20 heavy (non-hydrogen) atoms. The second kappa shape index (κ2) is 5.64. The van der Waals surface area contributed by atoms with E-state index in [0.717, 1.165) is 19.5 Å². The zero-order chi connectivity index (χ0) is 14.1. The number of piperidine rings is 1. The van der Waals surface area contributed by atoms with Crippen LogP contribution in [0.1, 0.15) is 57.8 Å². The Kier molecular flexibility index (Phi) is 4.04. The first-order chi connectivity index (χ1) is 9.64. The molecule has 3 rings (SSSR count). The number of carbonyl (C=O) groups excluding carboxylic acids is 1. The number of nitrogens with zero attached hydrogens (tertiary/aromatic N) is 1. The van der Waals surface area contributed by atoms with Gasteiger partial charge in [0, 0.05) is 26.3 Å². The normalized spacial score (nSPS) is 29.4. The van der Waals surface area contributed by atoms with Gasteiger partial charge in [0.2, 0.25) is 5.91 Å². The Bertz CT molecular complexity index is 352. The molecule has 1 spiro atoms. The molecule has 0 atom stereocenters. The molecule has 3 aliphatic rings. The molecule has 2 heterocycles. The molecule has 1 amide bonds. The highest BCUT2D eigenvalue weighted by Crippen LogP contribution is 2.43. The number of rotatable bonds is 1. The van der Waals surface area contributed by atoms with Crippen LogP contribution in [0.5, 0.6) is 0 Å². The van der Waals surface area contributed by atoms with E-state index < -0.39 is 5.54 Å². The molecule has 0 radical (unpaired) electrons. The lowest BCUT2D eigenvalue weighted by atomic mass is 9.69. The molecule has 0 aromatic heterocycles. The van der Waals surface area contributed by atoms with Crippen molar-refractivity contribution in [3.63, 3.8) is 0 Å². The summed E-state index contributed by atoms with van der Waals surface area (Å²) in [7, 11) is 0. The van der Waals surface area contributed by atoms with Crippen molar-refractivity contribution in [1.29, 1.82) is 0 Å². The first-order valence-corrected chi connectivity index (χ1v) is 8.30. The number of hydrogen-bond donors (Lipinski definition) is 1. The summed E-state index contributed by atoms with van der Waals surface area (Å²) in [6.07, 6.45) is 10.5. The van der Waals surface area contributed by atoms with Crippen molar-refractivity contribution in [3.8, 4) is 0 Å². The van der Waals surface area contributed by atoms with E-state index in [9.17, 15) is 4.79 Å². The van der Waals surface area contributed by atoms with E-state index in [1.54, 1.807) is 0 Å². The van der Waals surface area contributed by atoms with Gasteiger partial charge in [-0.25, -0.2) is 0 Å². The minimum atomic E-state index is -0.661. The van der Waals surface area contributed by atoms with Crippen LogP contribution in [0.15, 0.2) is 0 Å². The predicted molar refractivity (Wildman–Crippen MR) is 78.3 cm³/mol. The summed E-state index contributed by atoms with van der Waals surface area (Å²) >= 11 is 0. The number of carbonyl (C=O) groups is 1. The summed E-state index contributed by atoms with van der Waals surface area (Å²) in [4.78, 5) is 14.9. The van der Waals surface area contributed by atoms with Gasteiger partial charge in [0.1, 0.15) is 0 Å². The van der Waals surface area contributed by atoms with Crippen LogP contribution in [0.4, 0.5) is 0 Å². The topological polar surface area (TPSA) is 55.6 Å². The van der Waals surface area contributed by atoms with Crippen molar-refractivity contribution in [3.05, 3.63) is 0 Å². The third-order valence-corrected chi connectivity index (χ3v) is 5.67. The molecule has 4 heteroatoms. The molecule has 2 saturated heterocycles. The Balaban J connectivity index is 1.68. The van der Waals surface area contributed by atoms with Gasteiger partial charge in [-0.3, -0.25) is 4.79 Å². The summed E-state index contributed by atoms with van der Waals surface area (Å²) in [5, 5.41) is 0. The molecule has 1 aliphatic carbocycles. The van der Waals surface area contributed by atoms with Gasteiger partial charge in [0.05, 0.1) is 5.54 Å². The molecule has 0 unspecified atom stereocenters. The Labute approximate surface area is 122 Å². The van der Waals surface area contributed by atoms with E-state index in [-0.39, 0.29) is 5.91 Å². The van der Waals surface area contributed by atoms with E-state index >= 15 is 0 Å². The van der Waals surface area contributed by atoms with Crippen molar-refractivity contribution < 1.29 is 9.53 Å². The average molecular weight is 280 g/mol. The van der Waals surface area contributed by atoms with Crippen molar-refractivity contribution in [2.75, 3.05) is 26.3 Å². The molecule has 114 valence electrons. The zero-order valence-corrected chi connectivity index (χ0v) is 12.5. The van der Waals surface area contributed by atoms with Crippen molar-refractivity contribution in [2.45, 2.75) is 63.3 Å². The van der Waals surface area contributed by atoms with Crippen molar-refractivity contribution >= 4 is 5.91 Å². The standard InChI is InChI=1S/C16H28N2O2/c17-16(8-11-20-12-9-16)14(19)18-10-4-7-15(13-18)5-2-1-3-6-15/h1-13,17H2. The summed E-state index contributed by atoms with van der Waals surface area (Å²) in [5.74, 6) is 0.186. The molecular weight excluding hydrogens is 252 g/mol. The van der Waals surface area contributed by atoms with Crippen LogP contribution in [0.3, 0.4) is 0 Å². The van der Waals surface area contributed by atoms with Gasteiger partial charge in [-0.05, 0) is 43.9 Å². The summed E-state index contributed by atoms with van der Waals surface area (Å²) in [5.41, 5.74) is 6.13. The summed E-state index contributed by atoms with van der Waals surface area (Å²) in [6.45, 7) is 3.11. The van der Waals surface area contributed by atoms with E-state index in [2.05, 4.69) is 4.90 Å². The first-order valence-electron chi connectivity index (χ1n) is 8.30. The fourth-order valence-corrected chi connectivity index (χ4v) is 4.36. The smallest absolute Gasteiger partial charge is 0.242 e. The second-order valence-electron chi connectivity index (χ2n) is 7.16. The maximum atomic E-state index is 12.8. The summed E-state index contributed by atoms with van der Waals surface area (Å²) in [6, 6.07) is 0. The highest BCUT2D eigenvalue weighted by atomic mass is 16.5. The van der Waals surface area contributed by atoms with Gasteiger partial charge in [0.15, 0.2) is 0 Å². The Morgan fingerprint density at radius 1 is 0.950 bits per heavy atom. The minimum Gasteiger partial charge on any atom is -0.381 e. The number of ether oxygens (including phenoxy) is 1. The fourth-order valence-electron chi connectivity index (χ4n) is 4.36. The van der Waals surface area contributed by atoms with Crippen LogP contribution in [-0.2, 0) is 9.53 Å². The average Bonchev–Trinajstić information content (AvgIpc) is 2.48. The molecule has 2 N–H and O–H groups in total. The van der Waals surface area contributed by atoms with Crippen molar-refractivity contribution in [1.82, 2.24) is 4.90 Å². The maximum absolute atomic E-state index is 12.8. The van der Waals surface area contributed by atoms with Gasteiger partial charge in [0.25, 0.3) is 0 Å². The lowest BCUT2D eigenvalue weighted by Crippen LogP contribution is -2.60. The number of hydrogen-bond acceptors (Lipinski definition) is 3. The predicted octanol–water partition coefficient (Wildman–Crippen LogP) is 2.07. The molecule has 0 aromatic rings. The fraction of sp³-hybridized carbons (Fsp3) is 0.938. The Morgan fingerprint density at radius 2 is 1.60 bits per heavy atom. The van der Waals surface area contributed by atoms with Gasteiger partial charge < -0.3 is 15.4 Å². The van der Waals surface area contributed by atoms with Crippen LogP contribution in [0.2, 0.25) is 0 Å². The molecule has 0 aromatic carbocycles. The van der Waals surface area contributed by atoms with Gasteiger partial charge >= 0.3 is 0 Å². The third kappa shape index (κ3) is 2.73. The Morgan fingerprint density at radius 3 is 2.30 bits per heavy atom. The zero-order valence-electron chi connectivity index (χ0n) is 12.5. The molecule has 2 aliphatic heterocycles. The van der Waals surface area contributed by atoms with E-state index in [1.807, 2.05) is 0 Å². The second-order valence-corrected chi connectivity index (χ2v) is 7.16. The molecule has 3 fully saturated rings. The lowest BCUT2D eigenvalue weighted by Gasteiger charge is -2.47.